The van der Waals surface area contributed by atoms with Crippen LogP contribution in [-0.2, 0) is 4.79 Å². The minimum Gasteiger partial charge on any atom is -0.627 e. The van der Waals surface area contributed by atoms with Crippen molar-refractivity contribution in [3.63, 3.8) is 0 Å². The number of hydrogen-bond donors (Lipinski definition) is 2. The van der Waals surface area contributed by atoms with Crippen molar-refractivity contribution < 1.29 is 9.86 Å². The molecule has 0 spiro atoms. The van der Waals surface area contributed by atoms with Crippen LogP contribution in [0, 0.1) is 5.21 Å². The van der Waals surface area contributed by atoms with E-state index in [9.17, 15) is 10.0 Å². The third-order valence-electron chi connectivity index (χ3n) is 1.74. The van der Waals surface area contributed by atoms with Gasteiger partial charge in [0, 0.05) is 6.54 Å². The Labute approximate surface area is 59.8 Å². The van der Waals surface area contributed by atoms with Crippen LogP contribution in [0.3, 0.4) is 0 Å². The molecule has 1 fully saturated rings. The Morgan fingerprint density at radius 3 is 2.70 bits per heavy atom. The van der Waals surface area contributed by atoms with E-state index in [0.717, 1.165) is 0 Å². The Morgan fingerprint density at radius 2 is 2.30 bits per heavy atom. The smallest absolute Gasteiger partial charge is 0.331 e. The van der Waals surface area contributed by atoms with Crippen molar-refractivity contribution in [2.75, 3.05) is 13.1 Å². The summed E-state index contributed by atoms with van der Waals surface area (Å²) in [5.74, 6) is -0.293. The molecule has 0 aromatic carbocycles. The highest BCUT2D eigenvalue weighted by atomic mass is 16.5. The molecule has 1 rings (SSSR count). The summed E-state index contributed by atoms with van der Waals surface area (Å²) in [6.45, 7) is 4.43. The Bertz CT molecular complexity index is 156. The van der Waals surface area contributed by atoms with E-state index in [-0.39, 0.29) is 11.0 Å². The number of carbonyl (C=O) groups is 1. The molecule has 1 unspecified atom stereocenters. The van der Waals surface area contributed by atoms with E-state index in [2.05, 4.69) is 5.32 Å². The highest BCUT2D eigenvalue weighted by Crippen LogP contribution is 2.00. The number of carbonyl (C=O) groups excluding carboxylic acids is 1. The molecule has 2 N–H and O–H groups in total. The average Bonchev–Trinajstić information content (AvgIpc) is 1.83. The molecule has 1 aliphatic rings. The maximum absolute atomic E-state index is 11.0. The SMILES string of the molecule is CC1(C)NCC[NH+]([O-])C1=O. The quantitative estimate of drug-likeness (QED) is 0.397. The standard InChI is InChI=1S/C6H12N2O2/c1-6(2)5(9)8(10)4-3-7-6/h7-8H,3-4H2,1-2H3. The molecule has 0 aromatic heterocycles. The highest BCUT2D eigenvalue weighted by molar-refractivity contribution is 5.78. The lowest BCUT2D eigenvalue weighted by molar-refractivity contribution is -0.770. The predicted octanol–water partition coefficient (Wildman–Crippen LogP) is -1.72. The largest absolute Gasteiger partial charge is 0.627 e. The third-order valence-corrected chi connectivity index (χ3v) is 1.74. The minimum absolute atomic E-state index is 0.247. The van der Waals surface area contributed by atoms with Crippen LogP contribution in [0.25, 0.3) is 0 Å². The molecule has 0 aromatic rings. The highest BCUT2D eigenvalue weighted by Gasteiger charge is 2.36. The molecule has 1 saturated heterocycles. The first-order valence-electron chi connectivity index (χ1n) is 3.37. The molecule has 1 heterocycles. The van der Waals surface area contributed by atoms with Crippen molar-refractivity contribution in [3.05, 3.63) is 5.21 Å². The van der Waals surface area contributed by atoms with E-state index >= 15 is 0 Å². The van der Waals surface area contributed by atoms with Gasteiger partial charge in [-0.1, -0.05) is 0 Å². The molecule has 0 radical (unpaired) electrons. The second-order valence-electron chi connectivity index (χ2n) is 3.05. The number of hydroxylamine groups is 2. The lowest BCUT2D eigenvalue weighted by Gasteiger charge is -2.35. The summed E-state index contributed by atoms with van der Waals surface area (Å²) in [5, 5.41) is 13.5. The van der Waals surface area contributed by atoms with Gasteiger partial charge in [-0.05, 0) is 13.8 Å². The van der Waals surface area contributed by atoms with Crippen LogP contribution in [-0.4, -0.2) is 24.5 Å². The van der Waals surface area contributed by atoms with Gasteiger partial charge in [-0.2, -0.15) is 0 Å². The summed E-state index contributed by atoms with van der Waals surface area (Å²) in [5.41, 5.74) is -0.630. The number of amides is 1. The van der Waals surface area contributed by atoms with E-state index in [1.54, 1.807) is 13.8 Å². The fourth-order valence-corrected chi connectivity index (χ4v) is 1.03. The van der Waals surface area contributed by atoms with E-state index in [1.165, 1.54) is 0 Å². The van der Waals surface area contributed by atoms with Gasteiger partial charge in [-0.15, -0.1) is 0 Å². The molecule has 0 bridgehead atoms. The molecular formula is C6H12N2O2. The van der Waals surface area contributed by atoms with Crippen molar-refractivity contribution in [1.29, 1.82) is 0 Å². The summed E-state index contributed by atoms with van der Waals surface area (Å²) in [7, 11) is 0. The number of piperazine rings is 1. The zero-order chi connectivity index (χ0) is 7.78. The van der Waals surface area contributed by atoms with E-state index < -0.39 is 5.54 Å². The summed E-state index contributed by atoms with van der Waals surface area (Å²) >= 11 is 0. The predicted molar refractivity (Wildman–Crippen MR) is 36.3 cm³/mol. The Morgan fingerprint density at radius 1 is 1.70 bits per heavy atom. The number of nitrogens with one attached hydrogen (secondary N) is 2. The molecule has 10 heavy (non-hydrogen) atoms. The Balaban J connectivity index is 2.70. The van der Waals surface area contributed by atoms with Crippen LogP contribution < -0.4 is 10.4 Å². The Kier molecular flexibility index (Phi) is 1.76. The third kappa shape index (κ3) is 1.18. The molecule has 1 aliphatic heterocycles. The van der Waals surface area contributed by atoms with Gasteiger partial charge in [-0.3, -0.25) is 5.32 Å². The number of hydrogen-bond acceptors (Lipinski definition) is 3. The van der Waals surface area contributed by atoms with Gasteiger partial charge in [0.2, 0.25) is 0 Å². The van der Waals surface area contributed by atoms with Crippen LogP contribution in [0.15, 0.2) is 0 Å². The minimum atomic E-state index is -0.630. The molecule has 1 atom stereocenters. The number of quaternary nitrogens is 1. The van der Waals surface area contributed by atoms with Gasteiger partial charge in [0.15, 0.2) is 0 Å². The molecule has 0 aliphatic carbocycles. The van der Waals surface area contributed by atoms with Crippen molar-refractivity contribution in [3.8, 4) is 0 Å². The first-order valence-corrected chi connectivity index (χ1v) is 3.37. The van der Waals surface area contributed by atoms with E-state index in [1.807, 2.05) is 0 Å². The zero-order valence-corrected chi connectivity index (χ0v) is 6.23. The molecular weight excluding hydrogens is 132 g/mol. The summed E-state index contributed by atoms with van der Waals surface area (Å²) in [4.78, 5) is 11.0. The van der Waals surface area contributed by atoms with Gasteiger partial charge in [-0.25, -0.2) is 4.79 Å². The Hall–Kier alpha value is -0.450. The second kappa shape index (κ2) is 2.30. The van der Waals surface area contributed by atoms with Crippen LogP contribution in [0.5, 0.6) is 0 Å². The van der Waals surface area contributed by atoms with Crippen LogP contribution in [0.1, 0.15) is 13.8 Å². The van der Waals surface area contributed by atoms with Gasteiger partial charge >= 0.3 is 5.91 Å². The summed E-state index contributed by atoms with van der Waals surface area (Å²) in [6, 6.07) is 0. The second-order valence-corrected chi connectivity index (χ2v) is 3.05. The van der Waals surface area contributed by atoms with Crippen molar-refractivity contribution in [2.45, 2.75) is 19.4 Å². The van der Waals surface area contributed by atoms with Crippen molar-refractivity contribution in [2.24, 2.45) is 0 Å². The maximum Gasteiger partial charge on any atom is 0.331 e. The normalized spacial score (nSPS) is 32.3. The molecule has 0 saturated carbocycles. The molecule has 4 nitrogen and oxygen atoms in total. The topological polar surface area (TPSA) is 56.6 Å². The average molecular weight is 144 g/mol. The van der Waals surface area contributed by atoms with Crippen molar-refractivity contribution >= 4 is 5.91 Å². The molecule has 1 amide bonds. The van der Waals surface area contributed by atoms with Gasteiger partial charge < -0.3 is 10.3 Å². The lowest BCUT2D eigenvalue weighted by atomic mass is 10.0. The lowest BCUT2D eigenvalue weighted by Crippen LogP contribution is -3.15. The first kappa shape index (κ1) is 7.65. The maximum atomic E-state index is 11.0. The number of rotatable bonds is 0. The van der Waals surface area contributed by atoms with Crippen LogP contribution in [0.4, 0.5) is 0 Å². The fraction of sp³-hybridized carbons (Fsp3) is 0.833. The zero-order valence-electron chi connectivity index (χ0n) is 6.23. The van der Waals surface area contributed by atoms with Gasteiger partial charge in [0.25, 0.3) is 0 Å². The van der Waals surface area contributed by atoms with E-state index in [4.69, 9.17) is 0 Å². The van der Waals surface area contributed by atoms with Crippen LogP contribution >= 0.6 is 0 Å². The summed E-state index contributed by atoms with van der Waals surface area (Å²) in [6.07, 6.45) is 0. The van der Waals surface area contributed by atoms with Gasteiger partial charge in [0.1, 0.15) is 5.54 Å². The fourth-order valence-electron chi connectivity index (χ4n) is 1.03. The monoisotopic (exact) mass is 144 g/mol. The first-order chi connectivity index (χ1) is 4.54. The van der Waals surface area contributed by atoms with Crippen LogP contribution in [0.2, 0.25) is 0 Å². The summed E-state index contributed by atoms with van der Waals surface area (Å²) < 4.78 is 0. The van der Waals surface area contributed by atoms with Crippen molar-refractivity contribution in [1.82, 2.24) is 5.32 Å². The van der Waals surface area contributed by atoms with E-state index in [0.29, 0.717) is 13.1 Å². The molecule has 58 valence electrons. The van der Waals surface area contributed by atoms with Gasteiger partial charge in [0.05, 0.1) is 6.54 Å². The molecule has 4 heteroatoms.